The van der Waals surface area contributed by atoms with Gasteiger partial charge in [0.2, 0.25) is 5.91 Å². The van der Waals surface area contributed by atoms with Crippen molar-refractivity contribution >= 4 is 27.5 Å². The third-order valence-electron chi connectivity index (χ3n) is 5.78. The summed E-state index contributed by atoms with van der Waals surface area (Å²) in [6.45, 7) is 3.84. The first-order valence-corrected chi connectivity index (χ1v) is 10.9. The van der Waals surface area contributed by atoms with E-state index < -0.39 is 5.69 Å². The fraction of sp³-hybridized carbons (Fsp3) is 0.409. The van der Waals surface area contributed by atoms with Crippen molar-refractivity contribution in [2.75, 3.05) is 0 Å². The fourth-order valence-corrected chi connectivity index (χ4v) is 4.82. The van der Waals surface area contributed by atoms with Crippen LogP contribution in [0.4, 0.5) is 0 Å². The van der Waals surface area contributed by atoms with Crippen LogP contribution in [0.1, 0.15) is 43.2 Å². The van der Waals surface area contributed by atoms with Gasteiger partial charge in [-0.2, -0.15) is 0 Å². The summed E-state index contributed by atoms with van der Waals surface area (Å²) in [5, 5.41) is 4.84. The number of rotatable bonds is 4. The number of aryl methyl sites for hydroxylation is 2. The zero-order valence-corrected chi connectivity index (χ0v) is 17.6. The van der Waals surface area contributed by atoms with Crippen LogP contribution in [-0.4, -0.2) is 21.1 Å². The van der Waals surface area contributed by atoms with Crippen LogP contribution in [0.5, 0.6) is 0 Å². The van der Waals surface area contributed by atoms with E-state index in [-0.39, 0.29) is 24.1 Å². The molecule has 0 unspecified atom stereocenters. The summed E-state index contributed by atoms with van der Waals surface area (Å²) in [6, 6.07) is 7.42. The lowest BCUT2D eigenvalue weighted by atomic mass is 9.95. The minimum Gasteiger partial charge on any atom is -0.352 e. The molecular weight excluding hydrogens is 386 g/mol. The van der Waals surface area contributed by atoms with E-state index in [9.17, 15) is 14.4 Å². The van der Waals surface area contributed by atoms with Gasteiger partial charge in [0.15, 0.2) is 0 Å². The van der Waals surface area contributed by atoms with Crippen molar-refractivity contribution in [3.8, 4) is 5.69 Å². The van der Waals surface area contributed by atoms with Gasteiger partial charge in [0.1, 0.15) is 11.2 Å². The molecule has 0 aliphatic heterocycles. The Kier molecular flexibility index (Phi) is 5.41. The molecule has 1 N–H and O–H groups in total. The number of carbonyl (C=O) groups is 1. The van der Waals surface area contributed by atoms with Crippen molar-refractivity contribution in [2.45, 2.75) is 58.5 Å². The van der Waals surface area contributed by atoms with E-state index in [1.54, 1.807) is 17.5 Å². The Morgan fingerprint density at radius 1 is 1.10 bits per heavy atom. The van der Waals surface area contributed by atoms with E-state index in [1.165, 1.54) is 26.9 Å². The van der Waals surface area contributed by atoms with Crippen LogP contribution in [0.25, 0.3) is 15.9 Å². The second-order valence-electron chi connectivity index (χ2n) is 7.82. The molecule has 1 aromatic carbocycles. The average molecular weight is 412 g/mol. The van der Waals surface area contributed by atoms with Crippen molar-refractivity contribution in [3.63, 3.8) is 0 Å². The van der Waals surface area contributed by atoms with Gasteiger partial charge in [-0.3, -0.25) is 14.2 Å². The second-order valence-corrected chi connectivity index (χ2v) is 8.73. The minimum absolute atomic E-state index is 0.0896. The highest BCUT2D eigenvalue weighted by molar-refractivity contribution is 7.17. The molecule has 6 nitrogen and oxygen atoms in total. The first-order chi connectivity index (χ1) is 14.0. The Bertz CT molecular complexity index is 1180. The van der Waals surface area contributed by atoms with Crippen LogP contribution < -0.4 is 16.6 Å². The van der Waals surface area contributed by atoms with E-state index in [0.29, 0.717) is 15.9 Å². The lowest BCUT2D eigenvalue weighted by Gasteiger charge is -2.23. The van der Waals surface area contributed by atoms with E-state index in [1.807, 2.05) is 26.0 Å². The first kappa shape index (κ1) is 19.6. The largest absolute Gasteiger partial charge is 0.352 e. The summed E-state index contributed by atoms with van der Waals surface area (Å²) >= 11 is 1.29. The van der Waals surface area contributed by atoms with Gasteiger partial charge in [0, 0.05) is 6.04 Å². The molecule has 1 amide bonds. The number of nitrogens with zero attached hydrogens (tertiary/aromatic N) is 2. The zero-order valence-electron chi connectivity index (χ0n) is 16.7. The molecule has 1 saturated carbocycles. The number of carbonyl (C=O) groups excluding carboxylic acids is 1. The van der Waals surface area contributed by atoms with Crippen LogP contribution in [0.15, 0.2) is 39.2 Å². The highest BCUT2D eigenvalue weighted by atomic mass is 32.1. The molecule has 29 heavy (non-hydrogen) atoms. The topological polar surface area (TPSA) is 73.1 Å². The molecule has 0 atom stereocenters. The van der Waals surface area contributed by atoms with Crippen LogP contribution in [0.2, 0.25) is 0 Å². The molecule has 0 spiro atoms. The van der Waals surface area contributed by atoms with E-state index in [2.05, 4.69) is 5.32 Å². The van der Waals surface area contributed by atoms with Gasteiger partial charge in [-0.05, 0) is 61.4 Å². The number of amides is 1. The quantitative estimate of drug-likeness (QED) is 0.716. The van der Waals surface area contributed by atoms with Crippen molar-refractivity contribution in [3.05, 3.63) is 61.6 Å². The van der Waals surface area contributed by atoms with Crippen LogP contribution in [-0.2, 0) is 11.3 Å². The van der Waals surface area contributed by atoms with Crippen LogP contribution in [0.3, 0.4) is 0 Å². The molecule has 152 valence electrons. The number of benzene rings is 1. The predicted octanol–water partition coefficient (Wildman–Crippen LogP) is 3.28. The number of hydrogen-bond acceptors (Lipinski definition) is 4. The lowest BCUT2D eigenvalue weighted by Crippen LogP contribution is -2.43. The number of aromatic nitrogens is 2. The third-order valence-corrected chi connectivity index (χ3v) is 6.67. The molecule has 1 aliphatic carbocycles. The molecule has 0 bridgehead atoms. The Morgan fingerprint density at radius 2 is 1.86 bits per heavy atom. The predicted molar refractivity (Wildman–Crippen MR) is 116 cm³/mol. The Labute approximate surface area is 172 Å². The Balaban J connectivity index is 1.76. The molecule has 4 rings (SSSR count). The summed E-state index contributed by atoms with van der Waals surface area (Å²) in [4.78, 5) is 39.0. The Hall–Kier alpha value is -2.67. The van der Waals surface area contributed by atoms with Crippen molar-refractivity contribution in [1.29, 1.82) is 0 Å². The lowest BCUT2D eigenvalue weighted by molar-refractivity contribution is -0.122. The van der Waals surface area contributed by atoms with Gasteiger partial charge in [-0.1, -0.05) is 25.3 Å². The number of hydrogen-bond donors (Lipinski definition) is 1. The maximum atomic E-state index is 13.3. The van der Waals surface area contributed by atoms with Gasteiger partial charge in [0.25, 0.3) is 5.56 Å². The zero-order chi connectivity index (χ0) is 20.5. The third kappa shape index (κ3) is 3.79. The fourth-order valence-electron chi connectivity index (χ4n) is 4.00. The van der Waals surface area contributed by atoms with Gasteiger partial charge in [-0.15, -0.1) is 11.3 Å². The second kappa shape index (κ2) is 7.99. The first-order valence-electron chi connectivity index (χ1n) is 10.1. The number of thiophene rings is 1. The number of fused-ring (bicyclic) bond motifs is 1. The van der Waals surface area contributed by atoms with E-state index in [4.69, 9.17) is 0 Å². The molecule has 0 saturated heterocycles. The van der Waals surface area contributed by atoms with Gasteiger partial charge >= 0.3 is 5.69 Å². The Morgan fingerprint density at radius 3 is 2.59 bits per heavy atom. The molecule has 3 aromatic rings. The molecule has 2 heterocycles. The molecule has 1 fully saturated rings. The molecule has 2 aromatic heterocycles. The van der Waals surface area contributed by atoms with Crippen molar-refractivity contribution in [2.24, 2.45) is 0 Å². The minimum atomic E-state index is -0.483. The summed E-state index contributed by atoms with van der Waals surface area (Å²) in [5.74, 6) is -0.184. The summed E-state index contributed by atoms with van der Waals surface area (Å²) in [7, 11) is 0. The summed E-state index contributed by atoms with van der Waals surface area (Å²) in [5.41, 5.74) is 2.31. The van der Waals surface area contributed by atoms with E-state index in [0.717, 1.165) is 36.8 Å². The van der Waals surface area contributed by atoms with Crippen LogP contribution >= 0.6 is 11.3 Å². The molecule has 1 aliphatic rings. The van der Waals surface area contributed by atoms with Gasteiger partial charge in [0.05, 0.1) is 11.2 Å². The molecule has 0 radical (unpaired) electrons. The average Bonchev–Trinajstić information content (AvgIpc) is 3.19. The molecular formula is C22H25N3O3S. The standard InChI is InChI=1S/C22H25N3O3S/c1-14-8-9-17(12-15(14)2)25-21(27)20-18(10-11-29-20)24(22(25)28)13-19(26)23-16-6-4-3-5-7-16/h8-12,16H,3-7,13H2,1-2H3,(H,23,26). The number of nitrogens with one attached hydrogen (secondary N) is 1. The van der Waals surface area contributed by atoms with E-state index >= 15 is 0 Å². The summed E-state index contributed by atoms with van der Waals surface area (Å²) in [6.07, 6.45) is 5.42. The highest BCUT2D eigenvalue weighted by Crippen LogP contribution is 2.19. The SMILES string of the molecule is Cc1ccc(-n2c(=O)c3sccc3n(CC(=O)NC3CCCCC3)c2=O)cc1C. The normalized spacial score (nSPS) is 15.0. The maximum absolute atomic E-state index is 13.3. The van der Waals surface area contributed by atoms with Gasteiger partial charge in [-0.25, -0.2) is 9.36 Å². The van der Waals surface area contributed by atoms with Crippen molar-refractivity contribution in [1.82, 2.24) is 14.5 Å². The highest BCUT2D eigenvalue weighted by Gasteiger charge is 2.20. The monoisotopic (exact) mass is 411 g/mol. The maximum Gasteiger partial charge on any atom is 0.336 e. The van der Waals surface area contributed by atoms with Gasteiger partial charge < -0.3 is 5.32 Å². The molecule has 7 heteroatoms. The van der Waals surface area contributed by atoms with Crippen LogP contribution in [0, 0.1) is 13.8 Å². The van der Waals surface area contributed by atoms with Crippen molar-refractivity contribution < 1.29 is 4.79 Å². The smallest absolute Gasteiger partial charge is 0.336 e. The summed E-state index contributed by atoms with van der Waals surface area (Å²) < 4.78 is 3.08.